The Morgan fingerprint density at radius 2 is 2.05 bits per heavy atom. The van der Waals surface area contributed by atoms with Gasteiger partial charge < -0.3 is 15.2 Å². The molecule has 0 aromatic heterocycles. The zero-order valence-electron chi connectivity index (χ0n) is 12.0. The first-order valence-electron chi connectivity index (χ1n) is 6.47. The Hall–Kier alpha value is -1.64. The predicted molar refractivity (Wildman–Crippen MR) is 78.8 cm³/mol. The molecule has 0 bridgehead atoms. The number of carboxylic acid groups (broad SMARTS) is 1. The van der Waals surface area contributed by atoms with Crippen LogP contribution >= 0.6 is 0 Å². The summed E-state index contributed by atoms with van der Waals surface area (Å²) in [6.45, 7) is 2.18. The molecule has 0 aliphatic heterocycles. The lowest BCUT2D eigenvalue weighted by atomic mass is 10.2. The van der Waals surface area contributed by atoms with Crippen LogP contribution in [0.1, 0.15) is 13.3 Å². The van der Waals surface area contributed by atoms with Crippen LogP contribution < -0.4 is 10.0 Å². The number of nitrogens with one attached hydrogen (secondary N) is 2. The van der Waals surface area contributed by atoms with E-state index in [1.165, 1.54) is 13.2 Å². The average molecular weight is 316 g/mol. The molecule has 0 heterocycles. The van der Waals surface area contributed by atoms with E-state index in [0.29, 0.717) is 5.69 Å². The molecule has 7 nitrogen and oxygen atoms in total. The van der Waals surface area contributed by atoms with Crippen LogP contribution in [0.3, 0.4) is 0 Å². The Kier molecular flexibility index (Phi) is 6.60. The van der Waals surface area contributed by atoms with E-state index in [-0.39, 0.29) is 24.4 Å². The first-order valence-corrected chi connectivity index (χ1v) is 7.96. The van der Waals surface area contributed by atoms with E-state index in [1.54, 1.807) is 25.1 Å². The van der Waals surface area contributed by atoms with Crippen molar-refractivity contribution in [3.63, 3.8) is 0 Å². The number of anilines is 1. The number of hydrogen-bond acceptors (Lipinski definition) is 5. The fraction of sp³-hybridized carbons (Fsp3) is 0.462. The molecule has 1 unspecified atom stereocenters. The third kappa shape index (κ3) is 5.33. The summed E-state index contributed by atoms with van der Waals surface area (Å²) >= 11 is 0. The Morgan fingerprint density at radius 1 is 1.38 bits per heavy atom. The molecule has 1 aromatic carbocycles. The number of aliphatic carboxylic acids is 1. The molecule has 8 heteroatoms. The molecule has 0 spiro atoms. The molecule has 1 aromatic rings. The normalized spacial score (nSPS) is 12.9. The molecule has 118 valence electrons. The minimum atomic E-state index is -3.59. The average Bonchev–Trinajstić information content (AvgIpc) is 2.43. The molecule has 0 saturated heterocycles. The zero-order chi connectivity index (χ0) is 15.9. The van der Waals surface area contributed by atoms with Gasteiger partial charge in [0, 0.05) is 20.2 Å². The SMILES string of the molecule is CCNS(=O)(=O)c1ccccc1NCC(CC(=O)O)OC. The summed E-state index contributed by atoms with van der Waals surface area (Å²) in [6.07, 6.45) is -0.705. The van der Waals surface area contributed by atoms with Crippen molar-refractivity contribution in [3.05, 3.63) is 24.3 Å². The lowest BCUT2D eigenvalue weighted by molar-refractivity contribution is -0.139. The Bertz CT molecular complexity index is 574. The molecule has 3 N–H and O–H groups in total. The summed E-state index contributed by atoms with van der Waals surface area (Å²) in [5.74, 6) is -0.975. The van der Waals surface area contributed by atoms with E-state index in [1.807, 2.05) is 0 Å². The van der Waals surface area contributed by atoms with Crippen LogP contribution in [0.15, 0.2) is 29.2 Å². The van der Waals surface area contributed by atoms with Gasteiger partial charge >= 0.3 is 5.97 Å². The molecule has 0 aliphatic carbocycles. The maximum absolute atomic E-state index is 12.1. The van der Waals surface area contributed by atoms with Gasteiger partial charge in [0.2, 0.25) is 10.0 Å². The quantitative estimate of drug-likeness (QED) is 0.625. The molecular weight excluding hydrogens is 296 g/mol. The first-order chi connectivity index (χ1) is 9.90. The lowest BCUT2D eigenvalue weighted by Crippen LogP contribution is -2.27. The predicted octanol–water partition coefficient (Wildman–Crippen LogP) is 0.886. The summed E-state index contributed by atoms with van der Waals surface area (Å²) in [5.41, 5.74) is 0.408. The highest BCUT2D eigenvalue weighted by Gasteiger charge is 2.18. The molecular formula is C13H20N2O5S. The van der Waals surface area contributed by atoms with Gasteiger partial charge in [0.15, 0.2) is 0 Å². The van der Waals surface area contributed by atoms with Gasteiger partial charge in [-0.3, -0.25) is 4.79 Å². The van der Waals surface area contributed by atoms with Crippen molar-refractivity contribution in [2.45, 2.75) is 24.3 Å². The summed E-state index contributed by atoms with van der Waals surface area (Å²) in [7, 11) is -2.18. The molecule has 0 fully saturated rings. The highest BCUT2D eigenvalue weighted by molar-refractivity contribution is 7.89. The summed E-state index contributed by atoms with van der Waals surface area (Å²) < 4.78 is 31.6. The fourth-order valence-electron chi connectivity index (χ4n) is 1.77. The number of sulfonamides is 1. The second-order valence-corrected chi connectivity index (χ2v) is 6.07. The number of carbonyl (C=O) groups is 1. The van der Waals surface area contributed by atoms with Crippen molar-refractivity contribution >= 4 is 21.7 Å². The summed E-state index contributed by atoms with van der Waals surface area (Å²) in [6, 6.07) is 6.43. The van der Waals surface area contributed by atoms with Gasteiger partial charge in [0.25, 0.3) is 0 Å². The van der Waals surface area contributed by atoms with E-state index >= 15 is 0 Å². The second-order valence-electron chi connectivity index (χ2n) is 4.33. The smallest absolute Gasteiger partial charge is 0.306 e. The minimum absolute atomic E-state index is 0.122. The maximum Gasteiger partial charge on any atom is 0.306 e. The minimum Gasteiger partial charge on any atom is -0.481 e. The van der Waals surface area contributed by atoms with Crippen molar-refractivity contribution in [1.82, 2.24) is 4.72 Å². The van der Waals surface area contributed by atoms with E-state index in [2.05, 4.69) is 10.0 Å². The first kappa shape index (κ1) is 17.4. The highest BCUT2D eigenvalue weighted by Crippen LogP contribution is 2.20. The van der Waals surface area contributed by atoms with Crippen LogP contribution in [-0.4, -0.2) is 45.8 Å². The number of para-hydroxylation sites is 1. The van der Waals surface area contributed by atoms with Crippen molar-refractivity contribution in [2.24, 2.45) is 0 Å². The van der Waals surface area contributed by atoms with Crippen molar-refractivity contribution in [3.8, 4) is 0 Å². The number of methoxy groups -OCH3 is 1. The van der Waals surface area contributed by atoms with Crippen molar-refractivity contribution < 1.29 is 23.1 Å². The zero-order valence-corrected chi connectivity index (χ0v) is 12.8. The van der Waals surface area contributed by atoms with Gasteiger partial charge in [-0.25, -0.2) is 13.1 Å². The van der Waals surface area contributed by atoms with E-state index in [4.69, 9.17) is 9.84 Å². The molecule has 21 heavy (non-hydrogen) atoms. The van der Waals surface area contributed by atoms with Crippen LogP contribution in [0, 0.1) is 0 Å². The van der Waals surface area contributed by atoms with E-state index < -0.39 is 22.1 Å². The molecule has 0 aliphatic rings. The Labute approximate surface area is 124 Å². The van der Waals surface area contributed by atoms with Crippen LogP contribution in [-0.2, 0) is 19.6 Å². The van der Waals surface area contributed by atoms with Gasteiger partial charge in [0.1, 0.15) is 4.90 Å². The summed E-state index contributed by atoms with van der Waals surface area (Å²) in [4.78, 5) is 10.8. The number of rotatable bonds is 9. The highest BCUT2D eigenvalue weighted by atomic mass is 32.2. The van der Waals surface area contributed by atoms with Gasteiger partial charge in [-0.05, 0) is 12.1 Å². The Morgan fingerprint density at radius 3 is 2.62 bits per heavy atom. The van der Waals surface area contributed by atoms with Gasteiger partial charge in [-0.15, -0.1) is 0 Å². The molecule has 0 saturated carbocycles. The molecule has 0 amide bonds. The largest absolute Gasteiger partial charge is 0.481 e. The van der Waals surface area contributed by atoms with Crippen molar-refractivity contribution in [2.75, 3.05) is 25.5 Å². The van der Waals surface area contributed by atoms with Crippen molar-refractivity contribution in [1.29, 1.82) is 0 Å². The van der Waals surface area contributed by atoms with Crippen LogP contribution in [0.5, 0.6) is 0 Å². The summed E-state index contributed by atoms with van der Waals surface area (Å²) in [5, 5.41) is 11.7. The fourth-order valence-corrected chi connectivity index (χ4v) is 3.00. The third-order valence-electron chi connectivity index (χ3n) is 2.77. The van der Waals surface area contributed by atoms with Crippen LogP contribution in [0.4, 0.5) is 5.69 Å². The molecule has 1 rings (SSSR count). The Balaban J connectivity index is 2.87. The molecule has 0 radical (unpaired) electrons. The number of benzene rings is 1. The standard InChI is InChI=1S/C13H20N2O5S/c1-3-15-21(18,19)12-7-5-4-6-11(12)14-9-10(20-2)8-13(16)17/h4-7,10,14-15H,3,8-9H2,1-2H3,(H,16,17). The van der Waals surface area contributed by atoms with Gasteiger partial charge in [0.05, 0.1) is 18.2 Å². The topological polar surface area (TPSA) is 105 Å². The number of hydrogen-bond donors (Lipinski definition) is 3. The van der Waals surface area contributed by atoms with Gasteiger partial charge in [-0.2, -0.15) is 0 Å². The monoisotopic (exact) mass is 316 g/mol. The van der Waals surface area contributed by atoms with E-state index in [0.717, 1.165) is 0 Å². The number of carboxylic acids is 1. The maximum atomic E-state index is 12.1. The van der Waals surface area contributed by atoms with Crippen LogP contribution in [0.2, 0.25) is 0 Å². The lowest BCUT2D eigenvalue weighted by Gasteiger charge is -2.17. The molecule has 1 atom stereocenters. The van der Waals surface area contributed by atoms with E-state index in [9.17, 15) is 13.2 Å². The third-order valence-corrected chi connectivity index (χ3v) is 4.37. The second kappa shape index (κ2) is 7.96. The number of ether oxygens (including phenoxy) is 1. The van der Waals surface area contributed by atoms with Gasteiger partial charge in [-0.1, -0.05) is 19.1 Å². The van der Waals surface area contributed by atoms with Crippen LogP contribution in [0.25, 0.3) is 0 Å².